The lowest BCUT2D eigenvalue weighted by molar-refractivity contribution is -0.317. The molecular weight excluding hydrogens is 252 g/mol. The summed E-state index contributed by atoms with van der Waals surface area (Å²) in [6, 6.07) is 20.2. The zero-order chi connectivity index (χ0) is 13.6. The van der Waals surface area contributed by atoms with E-state index in [0.29, 0.717) is 6.61 Å². The van der Waals surface area contributed by atoms with E-state index in [9.17, 15) is 5.11 Å². The average molecular weight is 268 g/mol. The molecule has 3 nitrogen and oxygen atoms in total. The van der Waals surface area contributed by atoms with Crippen molar-refractivity contribution >= 4 is 0 Å². The second-order valence-electron chi connectivity index (χ2n) is 5.38. The smallest absolute Gasteiger partial charge is 0.168 e. The van der Waals surface area contributed by atoms with Crippen LogP contribution < -0.4 is 0 Å². The summed E-state index contributed by atoms with van der Waals surface area (Å²) in [6.45, 7) is 0.344. The first kappa shape index (κ1) is 12.1. The molecule has 0 bridgehead atoms. The Kier molecular flexibility index (Phi) is 2.67. The van der Waals surface area contributed by atoms with E-state index < -0.39 is 11.7 Å². The number of benzene rings is 2. The second kappa shape index (κ2) is 4.42. The number of hydrogen-bond acceptors (Lipinski definition) is 3. The van der Waals surface area contributed by atoms with Gasteiger partial charge in [0.1, 0.15) is 5.60 Å². The first-order valence-electron chi connectivity index (χ1n) is 6.91. The van der Waals surface area contributed by atoms with Crippen molar-refractivity contribution in [1.82, 2.24) is 0 Å². The van der Waals surface area contributed by atoms with Gasteiger partial charge in [-0.1, -0.05) is 60.7 Å². The van der Waals surface area contributed by atoms with Crippen LogP contribution in [0.25, 0.3) is 0 Å². The van der Waals surface area contributed by atoms with E-state index >= 15 is 0 Å². The third-order valence-corrected chi connectivity index (χ3v) is 4.32. The van der Waals surface area contributed by atoms with E-state index in [4.69, 9.17) is 9.47 Å². The van der Waals surface area contributed by atoms with Crippen LogP contribution in [0, 0.1) is 5.92 Å². The minimum atomic E-state index is -0.594. The lowest BCUT2D eigenvalue weighted by Crippen LogP contribution is -2.59. The van der Waals surface area contributed by atoms with Crippen LogP contribution in [-0.2, 0) is 15.1 Å². The van der Waals surface area contributed by atoms with E-state index in [-0.39, 0.29) is 12.2 Å². The third-order valence-electron chi connectivity index (χ3n) is 4.32. The molecule has 2 aliphatic heterocycles. The van der Waals surface area contributed by atoms with Crippen molar-refractivity contribution in [2.24, 2.45) is 5.92 Å². The van der Waals surface area contributed by atoms with Gasteiger partial charge in [0.15, 0.2) is 6.29 Å². The van der Waals surface area contributed by atoms with Gasteiger partial charge in [-0.25, -0.2) is 0 Å². The molecule has 2 saturated heterocycles. The van der Waals surface area contributed by atoms with Crippen LogP contribution in [0.3, 0.4) is 0 Å². The Balaban J connectivity index is 1.87. The number of fused-ring (bicyclic) bond motifs is 1. The van der Waals surface area contributed by atoms with Crippen LogP contribution in [-0.4, -0.2) is 24.1 Å². The van der Waals surface area contributed by atoms with E-state index in [2.05, 4.69) is 0 Å². The third kappa shape index (κ3) is 1.51. The van der Waals surface area contributed by atoms with Crippen LogP contribution in [0.5, 0.6) is 0 Å². The molecule has 3 atom stereocenters. The molecule has 4 rings (SSSR count). The lowest BCUT2D eigenvalue weighted by atomic mass is 9.70. The largest absolute Gasteiger partial charge is 0.390 e. The van der Waals surface area contributed by atoms with Crippen molar-refractivity contribution in [3.63, 3.8) is 0 Å². The fourth-order valence-electron chi connectivity index (χ4n) is 3.40. The monoisotopic (exact) mass is 268 g/mol. The quantitative estimate of drug-likeness (QED) is 0.908. The lowest BCUT2D eigenvalue weighted by Gasteiger charge is -2.52. The fraction of sp³-hybridized carbons (Fsp3) is 0.294. The topological polar surface area (TPSA) is 38.7 Å². The highest BCUT2D eigenvalue weighted by molar-refractivity contribution is 5.41. The molecule has 2 fully saturated rings. The van der Waals surface area contributed by atoms with Gasteiger partial charge in [-0.3, -0.25) is 0 Å². The minimum absolute atomic E-state index is 0.0488. The minimum Gasteiger partial charge on any atom is -0.390 e. The van der Waals surface area contributed by atoms with Crippen molar-refractivity contribution in [3.05, 3.63) is 71.8 Å². The van der Waals surface area contributed by atoms with Gasteiger partial charge < -0.3 is 14.6 Å². The van der Waals surface area contributed by atoms with Crippen LogP contribution in [0.4, 0.5) is 0 Å². The van der Waals surface area contributed by atoms with Crippen LogP contribution in [0.2, 0.25) is 0 Å². The zero-order valence-corrected chi connectivity index (χ0v) is 11.0. The van der Waals surface area contributed by atoms with Crippen molar-refractivity contribution < 1.29 is 14.6 Å². The number of hydrogen-bond donors (Lipinski definition) is 1. The maximum Gasteiger partial charge on any atom is 0.168 e. The number of aliphatic hydroxyl groups excluding tert-OH is 1. The molecule has 2 aromatic carbocycles. The van der Waals surface area contributed by atoms with Crippen molar-refractivity contribution in [1.29, 1.82) is 0 Å². The predicted molar refractivity (Wildman–Crippen MR) is 74.0 cm³/mol. The summed E-state index contributed by atoms with van der Waals surface area (Å²) in [4.78, 5) is 0. The van der Waals surface area contributed by atoms with Gasteiger partial charge in [0.05, 0.1) is 18.6 Å². The zero-order valence-electron chi connectivity index (χ0n) is 11.0. The number of rotatable bonds is 2. The number of ether oxygens (including phenoxy) is 2. The molecule has 2 heterocycles. The average Bonchev–Trinajstić information content (AvgIpc) is 2.77. The summed E-state index contributed by atoms with van der Waals surface area (Å²) in [5.41, 5.74) is 1.54. The highest BCUT2D eigenvalue weighted by atomic mass is 16.7. The summed E-state index contributed by atoms with van der Waals surface area (Å²) in [7, 11) is 0. The Bertz CT molecular complexity index is 551. The summed E-state index contributed by atoms with van der Waals surface area (Å²) >= 11 is 0. The molecule has 0 spiro atoms. The van der Waals surface area contributed by atoms with Gasteiger partial charge in [0.25, 0.3) is 0 Å². The summed E-state index contributed by atoms with van der Waals surface area (Å²) in [6.07, 6.45) is -0.792. The normalized spacial score (nSPS) is 30.6. The van der Waals surface area contributed by atoms with Crippen molar-refractivity contribution in [2.45, 2.75) is 18.0 Å². The van der Waals surface area contributed by atoms with Gasteiger partial charge in [-0.2, -0.15) is 0 Å². The maximum atomic E-state index is 10.3. The Morgan fingerprint density at radius 3 is 1.95 bits per heavy atom. The SMILES string of the molecule is O[C@@H]1CO[C@H]2OC(c3ccccc3)(c3ccccc3)[C@H]21. The van der Waals surface area contributed by atoms with Crippen LogP contribution in [0.1, 0.15) is 11.1 Å². The van der Waals surface area contributed by atoms with Crippen molar-refractivity contribution in [3.8, 4) is 0 Å². The van der Waals surface area contributed by atoms with E-state index in [0.717, 1.165) is 11.1 Å². The molecule has 1 N–H and O–H groups in total. The van der Waals surface area contributed by atoms with Crippen LogP contribution in [0.15, 0.2) is 60.7 Å². The molecule has 3 heteroatoms. The molecule has 0 amide bonds. The van der Waals surface area contributed by atoms with Gasteiger partial charge >= 0.3 is 0 Å². The Morgan fingerprint density at radius 2 is 1.45 bits per heavy atom. The summed E-state index contributed by atoms with van der Waals surface area (Å²) in [5.74, 6) is -0.0488. The molecule has 2 aliphatic rings. The van der Waals surface area contributed by atoms with E-state index in [1.807, 2.05) is 60.7 Å². The molecule has 102 valence electrons. The second-order valence-corrected chi connectivity index (χ2v) is 5.38. The first-order valence-corrected chi connectivity index (χ1v) is 6.91. The van der Waals surface area contributed by atoms with Crippen LogP contribution >= 0.6 is 0 Å². The fourth-order valence-corrected chi connectivity index (χ4v) is 3.40. The Hall–Kier alpha value is -1.68. The predicted octanol–water partition coefficient (Wildman–Crippen LogP) is 2.29. The molecule has 0 unspecified atom stereocenters. The standard InChI is InChI=1S/C17H16O3/c18-14-11-19-16-15(14)17(20-16,12-7-3-1-4-8-12)13-9-5-2-6-10-13/h1-10,14-16,18H,11H2/t14-,15+,16+/m1/s1. The van der Waals surface area contributed by atoms with Gasteiger partial charge in [-0.15, -0.1) is 0 Å². The molecule has 20 heavy (non-hydrogen) atoms. The molecule has 0 aromatic heterocycles. The first-order chi connectivity index (χ1) is 9.82. The molecule has 0 radical (unpaired) electrons. The highest BCUT2D eigenvalue weighted by Crippen LogP contribution is 2.55. The highest BCUT2D eigenvalue weighted by Gasteiger charge is 2.64. The Labute approximate surface area is 117 Å². The van der Waals surface area contributed by atoms with Gasteiger partial charge in [-0.05, 0) is 11.1 Å². The number of aliphatic hydroxyl groups is 1. The molecule has 0 saturated carbocycles. The van der Waals surface area contributed by atoms with Gasteiger partial charge in [0.2, 0.25) is 0 Å². The molecule has 2 aromatic rings. The van der Waals surface area contributed by atoms with E-state index in [1.54, 1.807) is 0 Å². The van der Waals surface area contributed by atoms with E-state index in [1.165, 1.54) is 0 Å². The molecular formula is C17H16O3. The molecule has 0 aliphatic carbocycles. The van der Waals surface area contributed by atoms with Gasteiger partial charge in [0, 0.05) is 0 Å². The maximum absolute atomic E-state index is 10.3. The summed E-state index contributed by atoms with van der Waals surface area (Å²) < 4.78 is 11.6. The summed E-state index contributed by atoms with van der Waals surface area (Å²) in [5, 5.41) is 10.3. The Morgan fingerprint density at radius 1 is 0.900 bits per heavy atom. The van der Waals surface area contributed by atoms with Crippen molar-refractivity contribution in [2.75, 3.05) is 6.61 Å².